The first kappa shape index (κ1) is 15.2. The van der Waals surface area contributed by atoms with Crippen molar-refractivity contribution in [1.82, 2.24) is 10.0 Å². The van der Waals surface area contributed by atoms with Gasteiger partial charge >= 0.3 is 0 Å². The van der Waals surface area contributed by atoms with E-state index in [0.717, 1.165) is 0 Å². The minimum Gasteiger partial charge on any atom is -0.317 e. The molecule has 1 heterocycles. The first-order valence-corrected chi connectivity index (χ1v) is 7.37. The normalized spacial score (nSPS) is 17.4. The highest BCUT2D eigenvalue weighted by atomic mass is 32.2. The van der Waals surface area contributed by atoms with Crippen molar-refractivity contribution >= 4 is 10.0 Å². The van der Waals surface area contributed by atoms with Crippen LogP contribution in [0.5, 0.6) is 0 Å². The van der Waals surface area contributed by atoms with Crippen molar-refractivity contribution in [3.05, 3.63) is 29.3 Å². The Morgan fingerprint density at radius 2 is 1.55 bits per heavy atom. The molecule has 4 nitrogen and oxygen atoms in total. The van der Waals surface area contributed by atoms with E-state index in [1.165, 1.54) is 0 Å². The van der Waals surface area contributed by atoms with Crippen molar-refractivity contribution in [2.24, 2.45) is 0 Å². The number of hydrogen-bond acceptors (Lipinski definition) is 3. The van der Waals surface area contributed by atoms with Gasteiger partial charge in [-0.1, -0.05) is 0 Å². The SMILES string of the molecule is O=S(=O)(NC1CCNCC1)c1c(F)c(F)cc(F)c1F. The highest BCUT2D eigenvalue weighted by Crippen LogP contribution is 2.24. The van der Waals surface area contributed by atoms with Gasteiger partial charge in [0.2, 0.25) is 10.0 Å². The third kappa shape index (κ3) is 2.94. The van der Waals surface area contributed by atoms with Crippen molar-refractivity contribution in [3.63, 3.8) is 0 Å². The molecule has 1 fully saturated rings. The summed E-state index contributed by atoms with van der Waals surface area (Å²) in [6.07, 6.45) is 0.834. The van der Waals surface area contributed by atoms with Crippen molar-refractivity contribution in [3.8, 4) is 0 Å². The average Bonchev–Trinajstić information content (AvgIpc) is 2.37. The third-order valence-corrected chi connectivity index (χ3v) is 4.54. The molecule has 0 aliphatic carbocycles. The van der Waals surface area contributed by atoms with Crippen LogP contribution < -0.4 is 10.0 Å². The molecule has 0 atom stereocenters. The predicted octanol–water partition coefficient (Wildman–Crippen LogP) is 1.27. The van der Waals surface area contributed by atoms with Gasteiger partial charge in [-0.3, -0.25) is 0 Å². The second-order valence-corrected chi connectivity index (χ2v) is 6.09. The van der Waals surface area contributed by atoms with Crippen molar-refractivity contribution in [2.75, 3.05) is 13.1 Å². The van der Waals surface area contributed by atoms with Gasteiger partial charge in [-0.25, -0.2) is 30.7 Å². The van der Waals surface area contributed by atoms with Crippen LogP contribution >= 0.6 is 0 Å². The summed E-state index contributed by atoms with van der Waals surface area (Å²) in [4.78, 5) is -1.62. The second kappa shape index (κ2) is 5.66. The standard InChI is InChI=1S/C11H12F4N2O2S/c12-7-5-8(13)10(15)11(9(7)14)20(18,19)17-6-1-3-16-4-2-6/h5-6,16-17H,1-4H2. The molecule has 20 heavy (non-hydrogen) atoms. The number of halogens is 4. The number of sulfonamides is 1. The van der Waals surface area contributed by atoms with Crippen LogP contribution in [0.25, 0.3) is 0 Å². The van der Waals surface area contributed by atoms with E-state index in [0.29, 0.717) is 25.9 Å². The van der Waals surface area contributed by atoms with E-state index in [1.54, 1.807) is 0 Å². The Labute approximate surface area is 113 Å². The van der Waals surface area contributed by atoms with Crippen molar-refractivity contribution < 1.29 is 26.0 Å². The van der Waals surface area contributed by atoms with E-state index >= 15 is 0 Å². The first-order chi connectivity index (χ1) is 9.33. The van der Waals surface area contributed by atoms with E-state index in [4.69, 9.17) is 0 Å². The van der Waals surface area contributed by atoms with Gasteiger partial charge in [-0.2, -0.15) is 0 Å². The summed E-state index contributed by atoms with van der Waals surface area (Å²) in [5.74, 6) is -7.36. The van der Waals surface area contributed by atoms with Gasteiger partial charge in [0.1, 0.15) is 0 Å². The van der Waals surface area contributed by atoms with E-state index in [1.807, 2.05) is 0 Å². The first-order valence-electron chi connectivity index (χ1n) is 5.89. The molecule has 2 rings (SSSR count). The predicted molar refractivity (Wildman–Crippen MR) is 62.5 cm³/mol. The van der Waals surface area contributed by atoms with E-state index < -0.39 is 44.2 Å². The van der Waals surface area contributed by atoms with Crippen molar-refractivity contribution in [2.45, 2.75) is 23.8 Å². The van der Waals surface area contributed by atoms with Crippen LogP contribution in [0, 0.1) is 23.3 Å². The molecule has 1 aliphatic heterocycles. The lowest BCUT2D eigenvalue weighted by Gasteiger charge is -2.23. The third-order valence-electron chi connectivity index (χ3n) is 3.00. The minimum atomic E-state index is -4.67. The summed E-state index contributed by atoms with van der Waals surface area (Å²) in [6, 6.07) is -0.569. The topological polar surface area (TPSA) is 58.2 Å². The van der Waals surface area contributed by atoms with E-state index in [-0.39, 0.29) is 6.07 Å². The van der Waals surface area contributed by atoms with Crippen LogP contribution in [0.1, 0.15) is 12.8 Å². The van der Waals surface area contributed by atoms with Crippen LogP contribution in [0.15, 0.2) is 11.0 Å². The molecular formula is C11H12F4N2O2S. The smallest absolute Gasteiger partial charge is 0.246 e. The summed E-state index contributed by atoms with van der Waals surface area (Å²) in [5.41, 5.74) is 0. The summed E-state index contributed by atoms with van der Waals surface area (Å²) < 4.78 is 78.9. The monoisotopic (exact) mass is 312 g/mol. The summed E-state index contributed by atoms with van der Waals surface area (Å²) in [6.45, 7) is 1.07. The van der Waals surface area contributed by atoms with Crippen LogP contribution in [-0.2, 0) is 10.0 Å². The molecule has 0 saturated carbocycles. The number of rotatable bonds is 3. The second-order valence-electron chi connectivity index (χ2n) is 4.44. The highest BCUT2D eigenvalue weighted by Gasteiger charge is 2.31. The van der Waals surface area contributed by atoms with Crippen LogP contribution in [0.4, 0.5) is 17.6 Å². The molecule has 2 N–H and O–H groups in total. The fourth-order valence-corrected chi connectivity index (χ4v) is 3.46. The van der Waals surface area contributed by atoms with Crippen LogP contribution in [-0.4, -0.2) is 27.5 Å². The molecule has 0 radical (unpaired) electrons. The van der Waals surface area contributed by atoms with Gasteiger partial charge in [0.25, 0.3) is 0 Å². The minimum absolute atomic E-state index is 0.0335. The molecule has 112 valence electrons. The fraction of sp³-hybridized carbons (Fsp3) is 0.455. The van der Waals surface area contributed by atoms with Gasteiger partial charge in [0.15, 0.2) is 28.2 Å². The largest absolute Gasteiger partial charge is 0.317 e. The number of benzene rings is 1. The Hall–Kier alpha value is -1.19. The fourth-order valence-electron chi connectivity index (χ4n) is 2.01. The molecule has 1 saturated heterocycles. The zero-order chi connectivity index (χ0) is 14.9. The number of hydrogen-bond donors (Lipinski definition) is 2. The highest BCUT2D eigenvalue weighted by molar-refractivity contribution is 7.89. The Kier molecular flexibility index (Phi) is 4.31. The maximum Gasteiger partial charge on any atom is 0.246 e. The van der Waals surface area contributed by atoms with Gasteiger partial charge in [0, 0.05) is 12.1 Å². The Morgan fingerprint density at radius 1 is 1.05 bits per heavy atom. The molecule has 0 amide bonds. The lowest BCUT2D eigenvalue weighted by atomic mass is 10.1. The summed E-state index contributed by atoms with van der Waals surface area (Å²) in [7, 11) is -4.67. The molecule has 0 unspecified atom stereocenters. The van der Waals surface area contributed by atoms with E-state index in [9.17, 15) is 26.0 Å². The zero-order valence-corrected chi connectivity index (χ0v) is 11.0. The van der Waals surface area contributed by atoms with Gasteiger partial charge < -0.3 is 5.32 Å². The van der Waals surface area contributed by atoms with Gasteiger partial charge in [0.05, 0.1) is 0 Å². The molecule has 9 heteroatoms. The summed E-state index contributed by atoms with van der Waals surface area (Å²) in [5, 5.41) is 2.98. The summed E-state index contributed by atoms with van der Waals surface area (Å²) >= 11 is 0. The molecule has 1 aromatic carbocycles. The molecule has 0 aromatic heterocycles. The average molecular weight is 312 g/mol. The van der Waals surface area contributed by atoms with E-state index in [2.05, 4.69) is 10.0 Å². The maximum atomic E-state index is 13.5. The molecular weight excluding hydrogens is 300 g/mol. The lowest BCUT2D eigenvalue weighted by molar-refractivity contribution is 0.406. The van der Waals surface area contributed by atoms with Crippen LogP contribution in [0.2, 0.25) is 0 Å². The number of nitrogens with one attached hydrogen (secondary N) is 2. The Bertz CT molecular complexity index is 589. The molecule has 1 aliphatic rings. The quantitative estimate of drug-likeness (QED) is 0.653. The zero-order valence-electron chi connectivity index (χ0n) is 10.2. The van der Waals surface area contributed by atoms with Gasteiger partial charge in [-0.15, -0.1) is 0 Å². The molecule has 1 aromatic rings. The Morgan fingerprint density at radius 3 is 2.05 bits per heavy atom. The Balaban J connectivity index is 2.38. The maximum absolute atomic E-state index is 13.5. The lowest BCUT2D eigenvalue weighted by Crippen LogP contribution is -2.43. The van der Waals surface area contributed by atoms with Crippen LogP contribution in [0.3, 0.4) is 0 Å². The molecule has 0 bridgehead atoms. The van der Waals surface area contributed by atoms with Crippen molar-refractivity contribution in [1.29, 1.82) is 0 Å². The molecule has 0 spiro atoms. The number of piperidine rings is 1. The van der Waals surface area contributed by atoms with Gasteiger partial charge in [-0.05, 0) is 25.9 Å².